The van der Waals surface area contributed by atoms with Crippen molar-refractivity contribution < 1.29 is 17.9 Å². The summed E-state index contributed by atoms with van der Waals surface area (Å²) in [6.45, 7) is 3.63. The number of rotatable bonds is 6. The van der Waals surface area contributed by atoms with Crippen molar-refractivity contribution in [2.45, 2.75) is 31.0 Å². The van der Waals surface area contributed by atoms with E-state index in [1.165, 1.54) is 6.07 Å². The summed E-state index contributed by atoms with van der Waals surface area (Å²) in [6, 6.07) is 3.99. The predicted molar refractivity (Wildman–Crippen MR) is 102 cm³/mol. The molecule has 2 fully saturated rings. The van der Waals surface area contributed by atoms with E-state index in [1.807, 2.05) is 0 Å². The lowest BCUT2D eigenvalue weighted by Crippen LogP contribution is -2.63. The number of nitrogens with two attached hydrogens (primary N) is 2. The van der Waals surface area contributed by atoms with Crippen LogP contribution in [0.3, 0.4) is 0 Å². The van der Waals surface area contributed by atoms with E-state index in [0.717, 1.165) is 25.6 Å². The van der Waals surface area contributed by atoms with Crippen molar-refractivity contribution in [2.75, 3.05) is 39.3 Å². The van der Waals surface area contributed by atoms with Crippen molar-refractivity contribution >= 4 is 11.6 Å². The normalized spacial score (nSPS) is 29.4. The van der Waals surface area contributed by atoms with Crippen LogP contribution in [0.2, 0.25) is 5.02 Å². The van der Waals surface area contributed by atoms with Gasteiger partial charge in [0.05, 0.1) is 35.6 Å². The number of likely N-dealkylation sites (tertiary alicyclic amines) is 1. The van der Waals surface area contributed by atoms with Crippen LogP contribution in [0.25, 0.3) is 0 Å². The molecule has 2 aliphatic rings. The number of hydrogen-bond acceptors (Lipinski definition) is 6. The third-order valence-electron chi connectivity index (χ3n) is 5.34. The molecule has 3 unspecified atom stereocenters. The zero-order valence-electron chi connectivity index (χ0n) is 15.5. The molecule has 6 nitrogen and oxygen atoms in total. The average Bonchev–Trinajstić information content (AvgIpc) is 3.15. The van der Waals surface area contributed by atoms with Gasteiger partial charge in [0.25, 0.3) is 0 Å². The molecule has 0 saturated carbocycles. The molecule has 2 heterocycles. The summed E-state index contributed by atoms with van der Waals surface area (Å²) in [4.78, 5) is 2.26. The molecule has 2 aliphatic heterocycles. The minimum atomic E-state index is -4.50. The summed E-state index contributed by atoms with van der Waals surface area (Å²) in [7, 11) is 0. The highest BCUT2D eigenvalue weighted by atomic mass is 35.5. The lowest BCUT2D eigenvalue weighted by molar-refractivity contribution is -0.137. The summed E-state index contributed by atoms with van der Waals surface area (Å²) in [5.74, 6) is 0.414. The first kappa shape index (κ1) is 21.8. The summed E-state index contributed by atoms with van der Waals surface area (Å²) < 4.78 is 45.6. The maximum absolute atomic E-state index is 13.2. The van der Waals surface area contributed by atoms with Crippen LogP contribution >= 0.6 is 11.6 Å². The molecule has 2 saturated heterocycles. The maximum atomic E-state index is 13.2. The van der Waals surface area contributed by atoms with Crippen molar-refractivity contribution in [2.24, 2.45) is 17.4 Å². The average molecular weight is 422 g/mol. The Hall–Kier alpha value is -0.940. The molecule has 0 aliphatic carbocycles. The van der Waals surface area contributed by atoms with Gasteiger partial charge in [0.1, 0.15) is 0 Å². The van der Waals surface area contributed by atoms with Gasteiger partial charge in [-0.15, -0.1) is 0 Å². The summed E-state index contributed by atoms with van der Waals surface area (Å²) in [5.41, 5.74) is 11.0. The zero-order chi connectivity index (χ0) is 20.3. The topological polar surface area (TPSA) is 88.6 Å². The predicted octanol–water partition coefficient (Wildman–Crippen LogP) is 1.50. The SMILES string of the molecule is NCCOC1CNC(c2ccc(Cl)c(C(F)(F)F)c2)NC1N1CC[C@@H](CN)C1. The second-order valence-corrected chi connectivity index (χ2v) is 7.68. The number of ether oxygens (including phenoxy) is 1. The number of hydrogen-bond donors (Lipinski definition) is 4. The molecule has 1 aromatic carbocycles. The molecule has 3 rings (SSSR count). The van der Waals surface area contributed by atoms with Gasteiger partial charge in [-0.2, -0.15) is 13.2 Å². The number of halogens is 4. The van der Waals surface area contributed by atoms with Crippen molar-refractivity contribution in [3.63, 3.8) is 0 Å². The van der Waals surface area contributed by atoms with E-state index in [9.17, 15) is 13.2 Å². The Bertz CT molecular complexity index is 661. The van der Waals surface area contributed by atoms with E-state index >= 15 is 0 Å². The van der Waals surface area contributed by atoms with E-state index in [0.29, 0.717) is 37.7 Å². The first-order valence-electron chi connectivity index (χ1n) is 9.45. The highest BCUT2D eigenvalue weighted by molar-refractivity contribution is 6.31. The Kier molecular flexibility index (Phi) is 7.19. The van der Waals surface area contributed by atoms with Gasteiger partial charge in [0.2, 0.25) is 0 Å². The van der Waals surface area contributed by atoms with E-state index in [1.54, 1.807) is 6.07 Å². The molecule has 0 spiro atoms. The monoisotopic (exact) mass is 421 g/mol. The Balaban J connectivity index is 1.79. The van der Waals surface area contributed by atoms with E-state index < -0.39 is 17.9 Å². The van der Waals surface area contributed by atoms with Crippen LogP contribution in [0.4, 0.5) is 13.2 Å². The van der Waals surface area contributed by atoms with Crippen LogP contribution in [-0.4, -0.2) is 56.5 Å². The van der Waals surface area contributed by atoms with Crippen molar-refractivity contribution in [3.05, 3.63) is 34.3 Å². The molecule has 0 amide bonds. The maximum Gasteiger partial charge on any atom is 0.417 e. The Morgan fingerprint density at radius 3 is 2.71 bits per heavy atom. The standard InChI is InChI=1S/C18H27ClF3N5O/c19-14-2-1-12(7-13(14)18(20,21)22)16-25-9-15(28-6-4-23)17(26-16)27-5-3-11(8-24)10-27/h1-2,7,11,15-17,25-26H,3-6,8-10,23-24H2/t11-,15?,16?,17?/m0/s1. The number of nitrogens with zero attached hydrogens (tertiary/aromatic N) is 1. The third-order valence-corrected chi connectivity index (χ3v) is 5.67. The molecule has 4 atom stereocenters. The van der Waals surface area contributed by atoms with Crippen molar-refractivity contribution in [3.8, 4) is 0 Å². The summed E-state index contributed by atoms with van der Waals surface area (Å²) in [5, 5.41) is 6.34. The Labute approximate surface area is 167 Å². The first-order valence-corrected chi connectivity index (χ1v) is 9.83. The molecule has 0 radical (unpaired) electrons. The molecular formula is C18H27ClF3N5O. The van der Waals surface area contributed by atoms with Gasteiger partial charge >= 0.3 is 6.18 Å². The van der Waals surface area contributed by atoms with Crippen LogP contribution in [0, 0.1) is 5.92 Å². The largest absolute Gasteiger partial charge is 0.417 e. The first-order chi connectivity index (χ1) is 13.3. The van der Waals surface area contributed by atoms with Crippen LogP contribution in [0.15, 0.2) is 18.2 Å². The fourth-order valence-corrected chi connectivity index (χ4v) is 4.08. The second kappa shape index (κ2) is 9.25. The number of alkyl halides is 3. The molecule has 1 aromatic rings. The van der Waals surface area contributed by atoms with Gasteiger partial charge in [-0.3, -0.25) is 15.5 Å². The van der Waals surface area contributed by atoms with Gasteiger partial charge in [-0.05, 0) is 36.6 Å². The third kappa shape index (κ3) is 4.96. The minimum Gasteiger partial charge on any atom is -0.373 e. The van der Waals surface area contributed by atoms with Crippen LogP contribution in [0.5, 0.6) is 0 Å². The molecule has 158 valence electrons. The molecule has 6 N–H and O–H groups in total. The molecule has 10 heteroatoms. The smallest absolute Gasteiger partial charge is 0.373 e. The van der Waals surface area contributed by atoms with Crippen LogP contribution in [0.1, 0.15) is 23.7 Å². The minimum absolute atomic E-state index is 0.139. The van der Waals surface area contributed by atoms with Gasteiger partial charge < -0.3 is 16.2 Å². The van der Waals surface area contributed by atoms with Gasteiger partial charge in [0, 0.05) is 26.2 Å². The lowest BCUT2D eigenvalue weighted by Gasteiger charge is -2.43. The fourth-order valence-electron chi connectivity index (χ4n) is 3.85. The van der Waals surface area contributed by atoms with E-state index in [2.05, 4.69) is 15.5 Å². The quantitative estimate of drug-likeness (QED) is 0.557. The number of benzene rings is 1. The second-order valence-electron chi connectivity index (χ2n) is 7.27. The number of nitrogens with one attached hydrogen (secondary N) is 2. The highest BCUT2D eigenvalue weighted by Gasteiger charge is 2.39. The lowest BCUT2D eigenvalue weighted by atomic mass is 10.0. The van der Waals surface area contributed by atoms with Crippen LogP contribution in [-0.2, 0) is 10.9 Å². The van der Waals surface area contributed by atoms with Crippen molar-refractivity contribution in [1.82, 2.24) is 15.5 Å². The van der Waals surface area contributed by atoms with Gasteiger partial charge in [0.15, 0.2) is 0 Å². The zero-order valence-corrected chi connectivity index (χ0v) is 16.3. The van der Waals surface area contributed by atoms with E-state index in [-0.39, 0.29) is 17.3 Å². The molecular weight excluding hydrogens is 395 g/mol. The molecule has 0 bridgehead atoms. The fraction of sp³-hybridized carbons (Fsp3) is 0.667. The molecule has 28 heavy (non-hydrogen) atoms. The highest BCUT2D eigenvalue weighted by Crippen LogP contribution is 2.36. The van der Waals surface area contributed by atoms with Gasteiger partial charge in [-0.1, -0.05) is 17.7 Å². The summed E-state index contributed by atoms with van der Waals surface area (Å²) >= 11 is 5.75. The molecule has 0 aromatic heterocycles. The van der Waals surface area contributed by atoms with Gasteiger partial charge in [-0.25, -0.2) is 0 Å². The van der Waals surface area contributed by atoms with Crippen molar-refractivity contribution in [1.29, 1.82) is 0 Å². The Morgan fingerprint density at radius 2 is 2.07 bits per heavy atom. The van der Waals surface area contributed by atoms with Crippen LogP contribution < -0.4 is 22.1 Å². The summed E-state index contributed by atoms with van der Waals surface area (Å²) in [6.07, 6.45) is -4.25. The Morgan fingerprint density at radius 1 is 1.29 bits per heavy atom. The van der Waals surface area contributed by atoms with E-state index in [4.69, 9.17) is 27.8 Å².